The largest absolute Gasteiger partial charge is 0.508 e. The van der Waals surface area contributed by atoms with Crippen LogP contribution in [0.1, 0.15) is 0 Å². The minimum absolute atomic E-state index is 0. The van der Waals surface area contributed by atoms with Crippen LogP contribution in [0, 0.1) is 0 Å². The number of aromatic nitrogens is 3. The zero-order valence-electron chi connectivity index (χ0n) is 19.6. The van der Waals surface area contributed by atoms with Gasteiger partial charge in [0.25, 0.3) is 0 Å². The number of ether oxygens (including phenoxy) is 1. The molecule has 6 nitrogen and oxygen atoms in total. The number of nitrogens with zero attached hydrogens (tertiary/aromatic N) is 3. The molecule has 0 bridgehead atoms. The van der Waals surface area contributed by atoms with E-state index in [1.165, 1.54) is 0 Å². The quantitative estimate of drug-likeness (QED) is 0.294. The monoisotopic (exact) mass is 486 g/mol. The third-order valence-corrected chi connectivity index (χ3v) is 5.71. The van der Waals surface area contributed by atoms with Gasteiger partial charge in [0.2, 0.25) is 0 Å². The topological polar surface area (TPSA) is 74.3 Å². The average Bonchev–Trinajstić information content (AvgIpc) is 3.30. The molecule has 35 heavy (non-hydrogen) atoms. The number of halogens is 1. The number of hydrogen-bond acceptors (Lipinski definition) is 5. The van der Waals surface area contributed by atoms with Crippen molar-refractivity contribution in [1.29, 1.82) is 0 Å². The van der Waals surface area contributed by atoms with Gasteiger partial charge in [0.15, 0.2) is 0 Å². The summed E-state index contributed by atoms with van der Waals surface area (Å²) in [4.78, 5) is 14.8. The number of H-pyrrole nitrogens is 1. The molecule has 3 aromatic carbocycles. The SMILES string of the molecule is CN(C)CCOc1ccc(-c2nc(-c3ccc4cc(O)ccc4c3)c(-c3ccncc3)[nH]2)cc1.Cl. The molecule has 0 aliphatic heterocycles. The van der Waals surface area contributed by atoms with Gasteiger partial charge in [-0.05, 0) is 79.5 Å². The summed E-state index contributed by atoms with van der Waals surface area (Å²) in [6.45, 7) is 1.51. The van der Waals surface area contributed by atoms with Gasteiger partial charge in [-0.15, -0.1) is 12.4 Å². The fourth-order valence-electron chi connectivity index (χ4n) is 3.88. The Morgan fingerprint density at radius 1 is 0.829 bits per heavy atom. The highest BCUT2D eigenvalue weighted by Gasteiger charge is 2.16. The summed E-state index contributed by atoms with van der Waals surface area (Å²) in [6.07, 6.45) is 3.56. The molecule has 0 unspecified atom stereocenters. The summed E-state index contributed by atoms with van der Waals surface area (Å²) in [5.41, 5.74) is 4.78. The Morgan fingerprint density at radius 2 is 1.51 bits per heavy atom. The maximum absolute atomic E-state index is 9.80. The lowest BCUT2D eigenvalue weighted by atomic mass is 10.0. The van der Waals surface area contributed by atoms with Crippen molar-refractivity contribution < 1.29 is 9.84 Å². The van der Waals surface area contributed by atoms with E-state index >= 15 is 0 Å². The van der Waals surface area contributed by atoms with Gasteiger partial charge in [-0.3, -0.25) is 4.98 Å². The Kier molecular flexibility index (Phi) is 7.34. The van der Waals surface area contributed by atoms with Crippen LogP contribution >= 0.6 is 12.4 Å². The van der Waals surface area contributed by atoms with E-state index in [0.717, 1.165) is 57.0 Å². The van der Waals surface area contributed by atoms with Crippen LogP contribution in [0.4, 0.5) is 0 Å². The molecular formula is C28H27ClN4O2. The van der Waals surface area contributed by atoms with Gasteiger partial charge in [0, 0.05) is 35.6 Å². The number of aromatic amines is 1. The van der Waals surface area contributed by atoms with Crippen molar-refractivity contribution >= 4 is 23.2 Å². The molecule has 0 radical (unpaired) electrons. The van der Waals surface area contributed by atoms with E-state index in [1.54, 1.807) is 24.5 Å². The Labute approximate surface area is 210 Å². The lowest BCUT2D eigenvalue weighted by Gasteiger charge is -2.11. The first-order valence-electron chi connectivity index (χ1n) is 11.2. The predicted molar refractivity (Wildman–Crippen MR) is 143 cm³/mol. The number of benzene rings is 3. The van der Waals surface area contributed by atoms with Gasteiger partial charge in [0.1, 0.15) is 23.9 Å². The number of nitrogens with one attached hydrogen (secondary N) is 1. The van der Waals surface area contributed by atoms with Gasteiger partial charge >= 0.3 is 0 Å². The van der Waals surface area contributed by atoms with Gasteiger partial charge in [-0.1, -0.05) is 18.2 Å². The molecule has 2 N–H and O–H groups in total. The number of imidazole rings is 1. The maximum Gasteiger partial charge on any atom is 0.138 e. The fourth-order valence-corrected chi connectivity index (χ4v) is 3.88. The molecule has 2 heterocycles. The van der Waals surface area contributed by atoms with Crippen molar-refractivity contribution in [3.8, 4) is 45.4 Å². The van der Waals surface area contributed by atoms with Crippen LogP contribution < -0.4 is 4.74 Å². The number of likely N-dealkylation sites (N-methyl/N-ethyl adjacent to an activating group) is 1. The van der Waals surface area contributed by atoms with Gasteiger partial charge in [-0.25, -0.2) is 4.98 Å². The summed E-state index contributed by atoms with van der Waals surface area (Å²) in [5, 5.41) is 11.8. The second-order valence-corrected chi connectivity index (χ2v) is 8.47. The molecule has 0 atom stereocenters. The fraction of sp³-hybridized carbons (Fsp3) is 0.143. The summed E-state index contributed by atoms with van der Waals surface area (Å²) >= 11 is 0. The number of aromatic hydroxyl groups is 1. The van der Waals surface area contributed by atoms with Crippen molar-refractivity contribution in [2.24, 2.45) is 0 Å². The Morgan fingerprint density at radius 3 is 2.26 bits per heavy atom. The van der Waals surface area contributed by atoms with E-state index in [2.05, 4.69) is 20.9 Å². The lowest BCUT2D eigenvalue weighted by Crippen LogP contribution is -2.19. The standard InChI is InChI=1S/C28H26N4O2.ClH/c1-32(2)15-16-34-25-9-6-20(7-10-25)28-30-26(19-11-13-29-14-12-19)27(31-28)23-4-3-22-18-24(33)8-5-21(22)17-23;/h3-14,17-18,33H,15-16H2,1-2H3,(H,30,31);1H. The van der Waals surface area contributed by atoms with Gasteiger partial charge < -0.3 is 19.7 Å². The summed E-state index contributed by atoms with van der Waals surface area (Å²) in [7, 11) is 4.06. The molecule has 7 heteroatoms. The Bertz CT molecular complexity index is 1420. The number of rotatable bonds is 7. The molecule has 0 amide bonds. The van der Waals surface area contributed by atoms with Crippen LogP contribution in [0.3, 0.4) is 0 Å². The zero-order chi connectivity index (χ0) is 23.5. The van der Waals surface area contributed by atoms with Crippen molar-refractivity contribution in [1.82, 2.24) is 19.9 Å². The minimum atomic E-state index is 0. The second-order valence-electron chi connectivity index (χ2n) is 8.47. The van der Waals surface area contributed by atoms with Crippen LogP contribution in [0.5, 0.6) is 11.5 Å². The van der Waals surface area contributed by atoms with Crippen LogP contribution in [0.2, 0.25) is 0 Å². The molecule has 5 rings (SSSR count). The molecule has 178 valence electrons. The normalized spacial score (nSPS) is 10.9. The minimum Gasteiger partial charge on any atom is -0.508 e. The molecule has 0 aliphatic rings. The van der Waals surface area contributed by atoms with Crippen LogP contribution in [-0.4, -0.2) is 52.2 Å². The molecule has 2 aromatic heterocycles. The summed E-state index contributed by atoms with van der Waals surface area (Å²) in [6, 6.07) is 23.5. The van der Waals surface area contributed by atoms with Crippen molar-refractivity contribution in [3.63, 3.8) is 0 Å². The number of pyridine rings is 1. The smallest absolute Gasteiger partial charge is 0.138 e. The molecule has 0 saturated carbocycles. The van der Waals surface area contributed by atoms with Crippen LogP contribution in [0.25, 0.3) is 44.7 Å². The van der Waals surface area contributed by atoms with E-state index in [1.807, 2.05) is 68.7 Å². The molecule has 0 fully saturated rings. The molecular weight excluding hydrogens is 460 g/mol. The molecule has 0 aliphatic carbocycles. The third-order valence-electron chi connectivity index (χ3n) is 5.71. The first-order chi connectivity index (χ1) is 16.6. The van der Waals surface area contributed by atoms with E-state index in [-0.39, 0.29) is 18.2 Å². The maximum atomic E-state index is 9.80. The van der Waals surface area contributed by atoms with E-state index in [4.69, 9.17) is 9.72 Å². The van der Waals surface area contributed by atoms with Crippen LogP contribution in [0.15, 0.2) is 85.2 Å². The van der Waals surface area contributed by atoms with Crippen molar-refractivity contribution in [3.05, 3.63) is 85.2 Å². The van der Waals surface area contributed by atoms with Gasteiger partial charge in [0.05, 0.1) is 11.4 Å². The molecule has 5 aromatic rings. The number of fused-ring (bicyclic) bond motifs is 1. The first-order valence-corrected chi connectivity index (χ1v) is 11.2. The highest BCUT2D eigenvalue weighted by Crippen LogP contribution is 2.35. The van der Waals surface area contributed by atoms with E-state index in [0.29, 0.717) is 6.61 Å². The highest BCUT2D eigenvalue weighted by molar-refractivity contribution is 5.90. The zero-order valence-corrected chi connectivity index (χ0v) is 20.4. The second kappa shape index (κ2) is 10.6. The summed E-state index contributed by atoms with van der Waals surface area (Å²) < 4.78 is 5.83. The first kappa shape index (κ1) is 24.3. The lowest BCUT2D eigenvalue weighted by molar-refractivity contribution is 0.261. The van der Waals surface area contributed by atoms with Crippen LogP contribution in [-0.2, 0) is 0 Å². The van der Waals surface area contributed by atoms with Crippen molar-refractivity contribution in [2.75, 3.05) is 27.2 Å². The Hall–Kier alpha value is -3.87. The van der Waals surface area contributed by atoms with E-state index in [9.17, 15) is 5.11 Å². The summed E-state index contributed by atoms with van der Waals surface area (Å²) in [5.74, 6) is 1.88. The average molecular weight is 487 g/mol. The third kappa shape index (κ3) is 5.45. The molecule has 0 saturated heterocycles. The number of phenols is 1. The number of hydrogen-bond donors (Lipinski definition) is 2. The number of phenolic OH excluding ortho intramolecular Hbond substituents is 1. The highest BCUT2D eigenvalue weighted by atomic mass is 35.5. The molecule has 0 spiro atoms. The van der Waals surface area contributed by atoms with Crippen molar-refractivity contribution in [2.45, 2.75) is 0 Å². The van der Waals surface area contributed by atoms with E-state index < -0.39 is 0 Å². The van der Waals surface area contributed by atoms with Gasteiger partial charge in [-0.2, -0.15) is 0 Å². The Balaban J connectivity index is 0.00000289. The predicted octanol–water partition coefficient (Wildman–Crippen LogP) is 6.03.